The number of piperazine rings is 1. The predicted octanol–water partition coefficient (Wildman–Crippen LogP) is 2.31. The van der Waals surface area contributed by atoms with Crippen molar-refractivity contribution in [1.82, 2.24) is 15.1 Å². The molecular weight excluding hydrogens is 366 g/mol. The molecule has 0 atom stereocenters. The lowest BCUT2D eigenvalue weighted by Gasteiger charge is -2.32. The number of rotatable bonds is 8. The van der Waals surface area contributed by atoms with Crippen LogP contribution in [0.2, 0.25) is 0 Å². The summed E-state index contributed by atoms with van der Waals surface area (Å²) < 4.78 is 10.6. The normalized spacial score (nSPS) is 15.1. The molecule has 6 heteroatoms. The van der Waals surface area contributed by atoms with Crippen LogP contribution in [0.5, 0.6) is 11.5 Å². The van der Waals surface area contributed by atoms with Gasteiger partial charge in [0.1, 0.15) is 11.5 Å². The molecule has 1 N–H and O–H groups in total. The van der Waals surface area contributed by atoms with E-state index in [0.29, 0.717) is 18.0 Å². The zero-order chi connectivity index (χ0) is 20.6. The topological polar surface area (TPSA) is 54.0 Å². The number of carbonyl (C=O) groups is 1. The number of ether oxygens (including phenoxy) is 2. The average Bonchev–Trinajstić information content (AvgIpc) is 2.75. The van der Waals surface area contributed by atoms with E-state index in [-0.39, 0.29) is 12.3 Å². The Morgan fingerprint density at radius 1 is 0.966 bits per heavy atom. The largest absolute Gasteiger partial charge is 0.497 e. The minimum atomic E-state index is -0.0435. The number of amides is 1. The Kier molecular flexibility index (Phi) is 7.49. The van der Waals surface area contributed by atoms with Gasteiger partial charge in [0.05, 0.1) is 20.6 Å². The number of likely N-dealkylation sites (N-methyl/N-ethyl adjacent to an activating group) is 1. The van der Waals surface area contributed by atoms with Crippen molar-refractivity contribution in [3.63, 3.8) is 0 Å². The number of benzene rings is 2. The van der Waals surface area contributed by atoms with Crippen molar-refractivity contribution in [2.75, 3.05) is 47.4 Å². The fourth-order valence-electron chi connectivity index (χ4n) is 3.48. The van der Waals surface area contributed by atoms with E-state index in [1.54, 1.807) is 14.2 Å². The Bertz CT molecular complexity index is 800. The summed E-state index contributed by atoms with van der Waals surface area (Å²) in [5, 5.41) is 2.99. The highest BCUT2D eigenvalue weighted by molar-refractivity contribution is 5.79. The molecule has 0 saturated carbocycles. The molecule has 0 spiro atoms. The molecule has 1 amide bonds. The third-order valence-electron chi connectivity index (χ3n) is 5.35. The first-order chi connectivity index (χ1) is 14.1. The lowest BCUT2D eigenvalue weighted by Crippen LogP contribution is -2.43. The summed E-state index contributed by atoms with van der Waals surface area (Å²) in [7, 11) is 5.39. The summed E-state index contributed by atoms with van der Waals surface area (Å²) in [6.07, 6.45) is 0.252. The molecule has 0 radical (unpaired) electrons. The van der Waals surface area contributed by atoms with Gasteiger partial charge in [-0.1, -0.05) is 24.3 Å². The second-order valence-corrected chi connectivity index (χ2v) is 7.53. The Balaban J connectivity index is 1.49. The van der Waals surface area contributed by atoms with E-state index in [0.717, 1.165) is 43.9 Å². The highest BCUT2D eigenvalue weighted by atomic mass is 16.5. The molecule has 1 aliphatic rings. The Morgan fingerprint density at radius 3 is 2.31 bits per heavy atom. The molecule has 156 valence electrons. The molecule has 1 heterocycles. The van der Waals surface area contributed by atoms with Crippen molar-refractivity contribution in [3.8, 4) is 11.5 Å². The van der Waals surface area contributed by atoms with Gasteiger partial charge in [0.15, 0.2) is 0 Å². The fraction of sp³-hybridized carbons (Fsp3) is 0.435. The zero-order valence-corrected chi connectivity index (χ0v) is 17.6. The number of carbonyl (C=O) groups excluding carboxylic acids is 1. The number of hydrogen-bond donors (Lipinski definition) is 1. The van der Waals surface area contributed by atoms with Gasteiger partial charge < -0.3 is 19.7 Å². The van der Waals surface area contributed by atoms with E-state index >= 15 is 0 Å². The number of hydrogen-bond acceptors (Lipinski definition) is 5. The predicted molar refractivity (Wildman–Crippen MR) is 114 cm³/mol. The van der Waals surface area contributed by atoms with Crippen LogP contribution in [0.1, 0.15) is 16.7 Å². The van der Waals surface area contributed by atoms with E-state index in [9.17, 15) is 4.79 Å². The third-order valence-corrected chi connectivity index (χ3v) is 5.35. The molecule has 29 heavy (non-hydrogen) atoms. The minimum Gasteiger partial charge on any atom is -0.497 e. The molecule has 3 rings (SSSR count). The quantitative estimate of drug-likeness (QED) is 0.741. The second kappa shape index (κ2) is 10.3. The van der Waals surface area contributed by atoms with Gasteiger partial charge in [0.2, 0.25) is 5.91 Å². The van der Waals surface area contributed by atoms with Crippen molar-refractivity contribution >= 4 is 5.91 Å². The maximum Gasteiger partial charge on any atom is 0.224 e. The third kappa shape index (κ3) is 6.21. The highest BCUT2D eigenvalue weighted by Gasteiger charge is 2.14. The minimum absolute atomic E-state index is 0.0435. The molecule has 0 aromatic heterocycles. The van der Waals surface area contributed by atoms with Crippen LogP contribution in [0, 0.1) is 0 Å². The Morgan fingerprint density at radius 2 is 1.66 bits per heavy atom. The standard InChI is InChI=1S/C23H31N3O3/c1-25-10-12-26(13-11-25)17-19-6-4-18(5-7-19)16-24-23(27)15-20-14-21(28-2)8-9-22(20)29-3/h4-9,14H,10-13,15-17H2,1-3H3,(H,24,27). The summed E-state index contributed by atoms with van der Waals surface area (Å²) in [4.78, 5) is 17.2. The molecule has 0 unspecified atom stereocenters. The molecule has 1 aliphatic heterocycles. The van der Waals surface area contributed by atoms with Crippen molar-refractivity contribution in [2.24, 2.45) is 0 Å². The summed E-state index contributed by atoms with van der Waals surface area (Å²) in [6.45, 7) is 5.98. The van der Waals surface area contributed by atoms with Crippen molar-refractivity contribution in [2.45, 2.75) is 19.5 Å². The summed E-state index contributed by atoms with van der Waals surface area (Å²) in [5.41, 5.74) is 3.22. The van der Waals surface area contributed by atoms with E-state index in [1.165, 1.54) is 5.56 Å². The van der Waals surface area contributed by atoms with Gasteiger partial charge in [-0.25, -0.2) is 0 Å². The summed E-state index contributed by atoms with van der Waals surface area (Å²) in [5.74, 6) is 1.36. The molecule has 6 nitrogen and oxygen atoms in total. The maximum absolute atomic E-state index is 12.4. The Labute approximate surface area is 173 Å². The van der Waals surface area contributed by atoms with E-state index < -0.39 is 0 Å². The number of methoxy groups -OCH3 is 2. The lowest BCUT2D eigenvalue weighted by atomic mass is 10.1. The van der Waals surface area contributed by atoms with Crippen molar-refractivity contribution in [1.29, 1.82) is 0 Å². The molecule has 1 saturated heterocycles. The van der Waals surface area contributed by atoms with E-state index in [4.69, 9.17) is 9.47 Å². The maximum atomic E-state index is 12.4. The summed E-state index contributed by atoms with van der Waals surface area (Å²) in [6, 6.07) is 14.0. The van der Waals surface area contributed by atoms with E-state index in [1.807, 2.05) is 18.2 Å². The van der Waals surface area contributed by atoms with Crippen LogP contribution in [0.15, 0.2) is 42.5 Å². The van der Waals surface area contributed by atoms with Crippen LogP contribution in [-0.2, 0) is 24.3 Å². The first kappa shape index (κ1) is 21.1. The van der Waals surface area contributed by atoms with Gasteiger partial charge in [0, 0.05) is 44.8 Å². The van der Waals surface area contributed by atoms with E-state index in [2.05, 4.69) is 46.4 Å². The van der Waals surface area contributed by atoms with Crippen LogP contribution in [0.25, 0.3) is 0 Å². The zero-order valence-electron chi connectivity index (χ0n) is 17.6. The van der Waals surface area contributed by atoms with Crippen LogP contribution in [0.4, 0.5) is 0 Å². The molecular formula is C23H31N3O3. The van der Waals surface area contributed by atoms with Gasteiger partial charge in [-0.05, 0) is 36.4 Å². The van der Waals surface area contributed by atoms with Gasteiger partial charge >= 0.3 is 0 Å². The second-order valence-electron chi connectivity index (χ2n) is 7.53. The van der Waals surface area contributed by atoms with Crippen molar-refractivity contribution in [3.05, 3.63) is 59.2 Å². The first-order valence-electron chi connectivity index (χ1n) is 10.0. The number of nitrogens with one attached hydrogen (secondary N) is 1. The smallest absolute Gasteiger partial charge is 0.224 e. The highest BCUT2D eigenvalue weighted by Crippen LogP contribution is 2.24. The van der Waals surface area contributed by atoms with Crippen LogP contribution in [0.3, 0.4) is 0 Å². The Hall–Kier alpha value is -2.57. The summed E-state index contributed by atoms with van der Waals surface area (Å²) >= 11 is 0. The van der Waals surface area contributed by atoms with Gasteiger partial charge in [-0.15, -0.1) is 0 Å². The van der Waals surface area contributed by atoms with Gasteiger partial charge in [0.25, 0.3) is 0 Å². The van der Waals surface area contributed by atoms with Crippen LogP contribution >= 0.6 is 0 Å². The lowest BCUT2D eigenvalue weighted by molar-refractivity contribution is -0.120. The van der Waals surface area contributed by atoms with Crippen LogP contribution in [-0.4, -0.2) is 63.2 Å². The SMILES string of the molecule is COc1ccc(OC)c(CC(=O)NCc2ccc(CN3CCN(C)CC3)cc2)c1. The van der Waals surface area contributed by atoms with Crippen LogP contribution < -0.4 is 14.8 Å². The average molecular weight is 398 g/mol. The fourth-order valence-corrected chi connectivity index (χ4v) is 3.48. The number of nitrogens with zero attached hydrogens (tertiary/aromatic N) is 2. The monoisotopic (exact) mass is 397 g/mol. The molecule has 2 aromatic carbocycles. The van der Waals surface area contributed by atoms with Gasteiger partial charge in [-0.2, -0.15) is 0 Å². The van der Waals surface area contributed by atoms with Crippen molar-refractivity contribution < 1.29 is 14.3 Å². The molecule has 0 aliphatic carbocycles. The van der Waals surface area contributed by atoms with Gasteiger partial charge in [-0.3, -0.25) is 9.69 Å². The molecule has 1 fully saturated rings. The first-order valence-corrected chi connectivity index (χ1v) is 10.0. The molecule has 2 aromatic rings. The molecule has 0 bridgehead atoms.